The summed E-state index contributed by atoms with van der Waals surface area (Å²) in [7, 11) is -1.76. The number of pyridine rings is 1. The van der Waals surface area contributed by atoms with Crippen molar-refractivity contribution in [2.24, 2.45) is 0 Å². The van der Waals surface area contributed by atoms with Crippen molar-refractivity contribution in [3.05, 3.63) is 24.0 Å². The molecule has 1 heterocycles. The Labute approximate surface area is 172 Å². The molecule has 4 nitrogen and oxygen atoms in total. The van der Waals surface area contributed by atoms with Gasteiger partial charge in [0.05, 0.1) is 12.3 Å². The van der Waals surface area contributed by atoms with Gasteiger partial charge in [-0.2, -0.15) is 0 Å². The quantitative estimate of drug-likeness (QED) is 0.345. The summed E-state index contributed by atoms with van der Waals surface area (Å²) in [6.45, 7) is 14.7. The topological polar surface area (TPSA) is 51.6 Å². The van der Waals surface area contributed by atoms with Crippen LogP contribution in [0.2, 0.25) is 16.6 Å². The Morgan fingerprint density at radius 3 is 2.25 bits per heavy atom. The van der Waals surface area contributed by atoms with Gasteiger partial charge in [0, 0.05) is 25.9 Å². The van der Waals surface area contributed by atoms with Gasteiger partial charge < -0.3 is 14.3 Å². The summed E-state index contributed by atoms with van der Waals surface area (Å²) >= 11 is 0. The SMILES string of the molecule is CC(C)[Si](OCCCC#Cc1ccc(OC2CC(O)C2)cn1)(C(C)C)C(C)C. The lowest BCUT2D eigenvalue weighted by molar-refractivity contribution is -0.0109. The van der Waals surface area contributed by atoms with Crippen LogP contribution in [0, 0.1) is 11.8 Å². The molecule has 0 spiro atoms. The van der Waals surface area contributed by atoms with E-state index in [9.17, 15) is 5.11 Å². The maximum atomic E-state index is 9.30. The van der Waals surface area contributed by atoms with Gasteiger partial charge in [0.2, 0.25) is 0 Å². The molecule has 2 rings (SSSR count). The lowest BCUT2D eigenvalue weighted by atomic mass is 9.92. The maximum absolute atomic E-state index is 9.30. The molecule has 28 heavy (non-hydrogen) atoms. The Hall–Kier alpha value is -1.35. The molecule has 0 aliphatic heterocycles. The fraction of sp³-hybridized carbons (Fsp3) is 0.696. The molecule has 1 fully saturated rings. The first-order valence-corrected chi connectivity index (χ1v) is 12.8. The van der Waals surface area contributed by atoms with Crippen LogP contribution in [-0.2, 0) is 4.43 Å². The molecule has 1 saturated carbocycles. The van der Waals surface area contributed by atoms with Gasteiger partial charge in [0.15, 0.2) is 8.32 Å². The van der Waals surface area contributed by atoms with Gasteiger partial charge in [-0.1, -0.05) is 47.5 Å². The molecule has 1 N–H and O–H groups in total. The van der Waals surface area contributed by atoms with Crippen LogP contribution in [0.5, 0.6) is 5.75 Å². The Bertz CT molecular complexity index is 633. The zero-order valence-corrected chi connectivity index (χ0v) is 19.4. The van der Waals surface area contributed by atoms with Crippen molar-refractivity contribution in [2.75, 3.05) is 6.61 Å². The van der Waals surface area contributed by atoms with Crippen molar-refractivity contribution in [3.63, 3.8) is 0 Å². The number of ether oxygens (including phenoxy) is 1. The molecule has 0 saturated heterocycles. The van der Waals surface area contributed by atoms with Gasteiger partial charge in [-0.15, -0.1) is 0 Å². The summed E-state index contributed by atoms with van der Waals surface area (Å²) in [6, 6.07) is 3.79. The van der Waals surface area contributed by atoms with Crippen LogP contribution in [0.3, 0.4) is 0 Å². The van der Waals surface area contributed by atoms with Crippen molar-refractivity contribution in [1.82, 2.24) is 4.98 Å². The third-order valence-corrected chi connectivity index (χ3v) is 11.9. The van der Waals surface area contributed by atoms with Crippen molar-refractivity contribution < 1.29 is 14.3 Å². The van der Waals surface area contributed by atoms with Gasteiger partial charge in [-0.25, -0.2) is 4.98 Å². The van der Waals surface area contributed by atoms with Crippen LogP contribution in [0.1, 0.15) is 72.9 Å². The molecule has 0 atom stereocenters. The Morgan fingerprint density at radius 1 is 1.11 bits per heavy atom. The minimum atomic E-state index is -1.76. The fourth-order valence-electron chi connectivity index (χ4n) is 4.41. The number of unbranched alkanes of at least 4 members (excludes halogenated alkanes) is 1. The first-order valence-electron chi connectivity index (χ1n) is 10.7. The van der Waals surface area contributed by atoms with Crippen molar-refractivity contribution in [3.8, 4) is 17.6 Å². The van der Waals surface area contributed by atoms with E-state index < -0.39 is 8.32 Å². The number of aliphatic hydroxyl groups is 1. The monoisotopic (exact) mass is 403 g/mol. The van der Waals surface area contributed by atoms with E-state index in [1.807, 2.05) is 12.1 Å². The highest BCUT2D eigenvalue weighted by molar-refractivity contribution is 6.77. The van der Waals surface area contributed by atoms with E-state index in [0.717, 1.165) is 30.9 Å². The smallest absolute Gasteiger partial charge is 0.200 e. The molecule has 0 aromatic carbocycles. The minimum absolute atomic E-state index is 0.118. The van der Waals surface area contributed by atoms with E-state index in [-0.39, 0.29) is 12.2 Å². The van der Waals surface area contributed by atoms with E-state index in [4.69, 9.17) is 9.16 Å². The predicted octanol–water partition coefficient (Wildman–Crippen LogP) is 5.31. The molecule has 156 valence electrons. The Morgan fingerprint density at radius 2 is 1.75 bits per heavy atom. The van der Waals surface area contributed by atoms with Gasteiger partial charge in [0.25, 0.3) is 0 Å². The third-order valence-electron chi connectivity index (χ3n) is 5.83. The van der Waals surface area contributed by atoms with E-state index in [1.54, 1.807) is 6.20 Å². The first-order chi connectivity index (χ1) is 13.3. The molecule has 1 aliphatic rings. The normalized spacial score (nSPS) is 19.5. The minimum Gasteiger partial charge on any atom is -0.489 e. The van der Waals surface area contributed by atoms with E-state index >= 15 is 0 Å². The van der Waals surface area contributed by atoms with Crippen LogP contribution in [-0.4, -0.2) is 37.2 Å². The van der Waals surface area contributed by atoms with Gasteiger partial charge in [0.1, 0.15) is 17.5 Å². The highest BCUT2D eigenvalue weighted by atomic mass is 28.4. The summed E-state index contributed by atoms with van der Waals surface area (Å²) in [4.78, 5) is 4.35. The van der Waals surface area contributed by atoms with Gasteiger partial charge in [-0.05, 0) is 41.1 Å². The molecular weight excluding hydrogens is 366 g/mol. The number of rotatable bonds is 9. The zero-order chi connectivity index (χ0) is 20.7. The van der Waals surface area contributed by atoms with Gasteiger partial charge >= 0.3 is 0 Å². The molecular formula is C23H37NO3Si. The van der Waals surface area contributed by atoms with Crippen molar-refractivity contribution in [2.45, 2.75) is 96.1 Å². The van der Waals surface area contributed by atoms with E-state index in [1.165, 1.54) is 0 Å². The molecule has 0 radical (unpaired) electrons. The molecule has 0 amide bonds. The number of aromatic nitrogens is 1. The summed E-state index contributed by atoms with van der Waals surface area (Å²) in [5.74, 6) is 7.08. The van der Waals surface area contributed by atoms with Crippen LogP contribution in [0.15, 0.2) is 18.3 Å². The molecule has 1 aliphatic carbocycles. The van der Waals surface area contributed by atoms with Crippen LogP contribution in [0.25, 0.3) is 0 Å². The molecule has 5 heteroatoms. The van der Waals surface area contributed by atoms with Crippen molar-refractivity contribution in [1.29, 1.82) is 0 Å². The highest BCUT2D eigenvalue weighted by Gasteiger charge is 2.44. The molecule has 0 unspecified atom stereocenters. The first kappa shape index (κ1) is 22.9. The second kappa shape index (κ2) is 10.4. The Balaban J connectivity index is 1.77. The number of aliphatic hydroxyl groups excluding tert-OH is 1. The summed E-state index contributed by atoms with van der Waals surface area (Å²) < 4.78 is 12.3. The van der Waals surface area contributed by atoms with E-state index in [0.29, 0.717) is 29.5 Å². The fourth-order valence-corrected chi connectivity index (χ4v) is 9.91. The number of hydrogen-bond donors (Lipinski definition) is 1. The van der Waals surface area contributed by atoms with Crippen LogP contribution < -0.4 is 4.74 Å². The summed E-state index contributed by atoms with van der Waals surface area (Å²) in [5, 5.41) is 9.30. The molecule has 0 bridgehead atoms. The second-order valence-corrected chi connectivity index (χ2v) is 14.3. The average molecular weight is 404 g/mol. The molecule has 1 aromatic heterocycles. The number of hydrogen-bond acceptors (Lipinski definition) is 4. The largest absolute Gasteiger partial charge is 0.489 e. The summed E-state index contributed by atoms with van der Waals surface area (Å²) in [5.41, 5.74) is 2.61. The third kappa shape index (κ3) is 5.82. The average Bonchev–Trinajstić information content (AvgIpc) is 2.60. The van der Waals surface area contributed by atoms with Crippen molar-refractivity contribution >= 4 is 8.32 Å². The Kier molecular flexibility index (Phi) is 8.54. The van der Waals surface area contributed by atoms with Gasteiger partial charge in [-0.3, -0.25) is 0 Å². The van der Waals surface area contributed by atoms with E-state index in [2.05, 4.69) is 58.4 Å². The van der Waals surface area contributed by atoms with Crippen LogP contribution >= 0.6 is 0 Å². The second-order valence-electron chi connectivity index (χ2n) is 8.82. The lowest BCUT2D eigenvalue weighted by Gasteiger charge is -2.42. The molecule has 1 aromatic rings. The predicted molar refractivity (Wildman–Crippen MR) is 117 cm³/mol. The summed E-state index contributed by atoms with van der Waals surface area (Å²) in [6.07, 6.45) is 4.81. The number of nitrogens with zero attached hydrogens (tertiary/aromatic N) is 1. The standard InChI is InChI=1S/C23H37NO3Si/c1-17(2)28(18(3)4,19(5)6)26-13-9-7-8-10-20-11-12-22(16-24-20)27-23-14-21(25)15-23/h11-12,16-19,21,23,25H,7,9,13-15H2,1-6H3. The zero-order valence-electron chi connectivity index (χ0n) is 18.4. The maximum Gasteiger partial charge on any atom is 0.200 e. The van der Waals surface area contributed by atoms with Crippen LogP contribution in [0.4, 0.5) is 0 Å². The lowest BCUT2D eigenvalue weighted by Crippen LogP contribution is -2.47. The highest BCUT2D eigenvalue weighted by Crippen LogP contribution is 2.42.